The molecule has 8 aromatic carbocycles. The SMILES string of the molecule is c1ccc2c(c1)ccc1c2c2ccc(-n3c4ccccc4c4ccccc43)cc2n1-c1nc(-c2cccc3oc4ccccc4c23)c2ccccc2n1. The Bertz CT molecular complexity index is 3420. The van der Waals surface area contributed by atoms with Crippen LogP contribution in [0.1, 0.15) is 0 Å². The molecule has 0 atom stereocenters. The maximum absolute atomic E-state index is 6.34. The van der Waals surface area contributed by atoms with E-state index < -0.39 is 0 Å². The second kappa shape index (κ2) is 10.6. The molecule has 12 aromatic rings. The molecular formula is C48H28N4O. The van der Waals surface area contributed by atoms with Crippen LogP contribution in [0, 0.1) is 0 Å². The van der Waals surface area contributed by atoms with Gasteiger partial charge in [-0.2, -0.15) is 0 Å². The molecular weight excluding hydrogens is 649 g/mol. The second-order valence-electron chi connectivity index (χ2n) is 13.8. The molecule has 0 saturated heterocycles. The van der Waals surface area contributed by atoms with Gasteiger partial charge in [0.2, 0.25) is 5.95 Å². The predicted octanol–water partition coefficient (Wildman–Crippen LogP) is 12.5. The van der Waals surface area contributed by atoms with E-state index in [1.807, 2.05) is 18.2 Å². The molecule has 0 unspecified atom stereocenters. The summed E-state index contributed by atoms with van der Waals surface area (Å²) in [5.74, 6) is 0.623. The summed E-state index contributed by atoms with van der Waals surface area (Å²) in [4.78, 5) is 10.9. The van der Waals surface area contributed by atoms with Crippen LogP contribution < -0.4 is 0 Å². The van der Waals surface area contributed by atoms with Gasteiger partial charge >= 0.3 is 0 Å². The maximum atomic E-state index is 6.34. The third kappa shape index (κ3) is 3.96. The Morgan fingerprint density at radius 2 is 1.08 bits per heavy atom. The van der Waals surface area contributed by atoms with Crippen molar-refractivity contribution in [3.05, 3.63) is 170 Å². The largest absolute Gasteiger partial charge is 0.456 e. The van der Waals surface area contributed by atoms with Crippen molar-refractivity contribution in [3.63, 3.8) is 0 Å². The third-order valence-electron chi connectivity index (χ3n) is 10.9. The summed E-state index contributed by atoms with van der Waals surface area (Å²) in [5, 5.41) is 10.3. The predicted molar refractivity (Wildman–Crippen MR) is 218 cm³/mol. The molecule has 4 aromatic heterocycles. The fourth-order valence-electron chi connectivity index (χ4n) is 8.67. The number of aromatic nitrogens is 4. The Morgan fingerprint density at radius 1 is 0.396 bits per heavy atom. The monoisotopic (exact) mass is 676 g/mol. The summed E-state index contributed by atoms with van der Waals surface area (Å²) in [7, 11) is 0. The lowest BCUT2D eigenvalue weighted by Gasteiger charge is -2.13. The molecule has 0 spiro atoms. The Hall–Kier alpha value is -7.24. The molecule has 0 amide bonds. The molecule has 5 heteroatoms. The highest BCUT2D eigenvalue weighted by atomic mass is 16.3. The standard InChI is InChI=1S/C48H28N4O/c1-2-13-31-29(12-1)24-27-41-45(31)35-26-25-30(51-39-20-8-4-14-32(39)33-15-5-9-21-40(33)51)28-42(35)52(41)48-49-38-19-7-3-16-34(38)47(50-48)37-18-11-23-44-46(37)36-17-6-10-22-43(36)53-44/h1-28H. The zero-order valence-corrected chi connectivity index (χ0v) is 28.4. The summed E-state index contributed by atoms with van der Waals surface area (Å²) in [6.45, 7) is 0. The molecule has 0 aliphatic rings. The van der Waals surface area contributed by atoms with Crippen molar-refractivity contribution >= 4 is 87.2 Å². The van der Waals surface area contributed by atoms with E-state index >= 15 is 0 Å². The van der Waals surface area contributed by atoms with Crippen LogP contribution in [0.25, 0.3) is 110 Å². The molecule has 0 saturated carbocycles. The van der Waals surface area contributed by atoms with Crippen LogP contribution in [0.3, 0.4) is 0 Å². The van der Waals surface area contributed by atoms with Crippen LogP contribution in [0.2, 0.25) is 0 Å². The van der Waals surface area contributed by atoms with Gasteiger partial charge in [-0.25, -0.2) is 9.97 Å². The minimum absolute atomic E-state index is 0.623. The number of fused-ring (bicyclic) bond motifs is 12. The molecule has 4 heterocycles. The number of nitrogens with zero attached hydrogens (tertiary/aromatic N) is 4. The van der Waals surface area contributed by atoms with Crippen molar-refractivity contribution in [1.29, 1.82) is 0 Å². The molecule has 0 fully saturated rings. The summed E-state index contributed by atoms with van der Waals surface area (Å²) in [6, 6.07) is 60.0. The number of benzene rings is 8. The second-order valence-corrected chi connectivity index (χ2v) is 13.8. The van der Waals surface area contributed by atoms with Crippen LogP contribution in [0.5, 0.6) is 0 Å². The zero-order chi connectivity index (χ0) is 34.6. The average molecular weight is 677 g/mol. The lowest BCUT2D eigenvalue weighted by molar-refractivity contribution is 0.669. The van der Waals surface area contributed by atoms with E-state index in [0.29, 0.717) is 5.95 Å². The zero-order valence-electron chi connectivity index (χ0n) is 28.4. The van der Waals surface area contributed by atoms with Gasteiger partial charge in [-0.05, 0) is 59.3 Å². The van der Waals surface area contributed by atoms with Gasteiger partial charge < -0.3 is 8.98 Å². The molecule has 12 rings (SSSR count). The van der Waals surface area contributed by atoms with Crippen LogP contribution in [0.15, 0.2) is 174 Å². The highest BCUT2D eigenvalue weighted by molar-refractivity contribution is 6.22. The van der Waals surface area contributed by atoms with Crippen molar-refractivity contribution in [3.8, 4) is 22.9 Å². The number of hydrogen-bond donors (Lipinski definition) is 0. The number of para-hydroxylation sites is 4. The molecule has 53 heavy (non-hydrogen) atoms. The normalized spacial score (nSPS) is 12.2. The Kier molecular flexibility index (Phi) is 5.71. The van der Waals surface area contributed by atoms with E-state index in [-0.39, 0.29) is 0 Å². The lowest BCUT2D eigenvalue weighted by Crippen LogP contribution is -2.04. The quantitative estimate of drug-likeness (QED) is 0.187. The van der Waals surface area contributed by atoms with Crippen LogP contribution in [-0.2, 0) is 0 Å². The van der Waals surface area contributed by atoms with Crippen LogP contribution in [-0.4, -0.2) is 19.1 Å². The van der Waals surface area contributed by atoms with Crippen LogP contribution in [0.4, 0.5) is 0 Å². The highest BCUT2D eigenvalue weighted by Gasteiger charge is 2.22. The summed E-state index contributed by atoms with van der Waals surface area (Å²) in [5.41, 5.74) is 10.0. The fraction of sp³-hybridized carbons (Fsp3) is 0. The first-order valence-corrected chi connectivity index (χ1v) is 17.9. The number of rotatable bonds is 3. The van der Waals surface area contributed by atoms with Crippen molar-refractivity contribution < 1.29 is 4.42 Å². The van der Waals surface area contributed by atoms with Crippen molar-refractivity contribution in [2.24, 2.45) is 0 Å². The van der Waals surface area contributed by atoms with E-state index in [2.05, 4.69) is 161 Å². The highest BCUT2D eigenvalue weighted by Crippen LogP contribution is 2.42. The van der Waals surface area contributed by atoms with E-state index in [1.165, 1.54) is 38.0 Å². The molecule has 0 N–H and O–H groups in total. The van der Waals surface area contributed by atoms with Crippen molar-refractivity contribution in [2.45, 2.75) is 0 Å². The van der Waals surface area contributed by atoms with Gasteiger partial charge in [-0.1, -0.05) is 121 Å². The van der Waals surface area contributed by atoms with Gasteiger partial charge in [0.25, 0.3) is 0 Å². The molecule has 246 valence electrons. The average Bonchev–Trinajstić information content (AvgIpc) is 3.88. The Labute approximate surface area is 302 Å². The van der Waals surface area contributed by atoms with Gasteiger partial charge in [0.15, 0.2) is 0 Å². The first-order valence-electron chi connectivity index (χ1n) is 17.9. The Balaban J connectivity index is 1.21. The van der Waals surface area contributed by atoms with Gasteiger partial charge in [0.1, 0.15) is 11.2 Å². The van der Waals surface area contributed by atoms with Gasteiger partial charge in [-0.3, -0.25) is 4.57 Å². The fourth-order valence-corrected chi connectivity index (χ4v) is 8.67. The van der Waals surface area contributed by atoms with Gasteiger partial charge in [0.05, 0.1) is 33.3 Å². The summed E-state index contributed by atoms with van der Waals surface area (Å²) < 4.78 is 11.0. The van der Waals surface area contributed by atoms with Crippen LogP contribution >= 0.6 is 0 Å². The minimum Gasteiger partial charge on any atom is -0.456 e. The molecule has 5 nitrogen and oxygen atoms in total. The molecule has 0 aliphatic carbocycles. The third-order valence-corrected chi connectivity index (χ3v) is 10.9. The first-order chi connectivity index (χ1) is 26.3. The first kappa shape index (κ1) is 28.5. The lowest BCUT2D eigenvalue weighted by atomic mass is 10.0. The van der Waals surface area contributed by atoms with Crippen molar-refractivity contribution in [2.75, 3.05) is 0 Å². The van der Waals surface area contributed by atoms with Gasteiger partial charge in [-0.15, -0.1) is 0 Å². The van der Waals surface area contributed by atoms with E-state index in [4.69, 9.17) is 14.4 Å². The van der Waals surface area contributed by atoms with E-state index in [0.717, 1.165) is 66.2 Å². The minimum atomic E-state index is 0.623. The summed E-state index contributed by atoms with van der Waals surface area (Å²) in [6.07, 6.45) is 0. The van der Waals surface area contributed by atoms with E-state index in [1.54, 1.807) is 0 Å². The summed E-state index contributed by atoms with van der Waals surface area (Å²) >= 11 is 0. The molecule has 0 bridgehead atoms. The Morgan fingerprint density at radius 3 is 1.91 bits per heavy atom. The number of hydrogen-bond acceptors (Lipinski definition) is 3. The van der Waals surface area contributed by atoms with Crippen molar-refractivity contribution in [1.82, 2.24) is 19.1 Å². The van der Waals surface area contributed by atoms with Gasteiger partial charge in [0, 0.05) is 49.0 Å². The molecule has 0 radical (unpaired) electrons. The number of furan rings is 1. The van der Waals surface area contributed by atoms with E-state index in [9.17, 15) is 0 Å². The topological polar surface area (TPSA) is 48.8 Å². The maximum Gasteiger partial charge on any atom is 0.235 e. The molecule has 0 aliphatic heterocycles. The smallest absolute Gasteiger partial charge is 0.235 e.